The maximum absolute atomic E-state index is 6.11. The van der Waals surface area contributed by atoms with Crippen LogP contribution in [0.3, 0.4) is 0 Å². The van der Waals surface area contributed by atoms with Crippen LogP contribution in [0.1, 0.15) is 12.6 Å². The number of nitrogens with two attached hydrogens (primary N) is 1. The number of nitrogens with zero attached hydrogens (tertiary/aromatic N) is 1. The van der Waals surface area contributed by atoms with Crippen molar-refractivity contribution in [3.8, 4) is 11.3 Å². The molecule has 3 N–H and O–H groups in total. The Bertz CT molecular complexity index is 520. The summed E-state index contributed by atoms with van der Waals surface area (Å²) in [7, 11) is 0. The number of aromatic amines is 1. The summed E-state index contributed by atoms with van der Waals surface area (Å²) in [4.78, 5) is 0. The number of nitrogens with one attached hydrogen (secondary N) is 1. The Morgan fingerprint density at radius 2 is 2.12 bits per heavy atom. The summed E-state index contributed by atoms with van der Waals surface area (Å²) in [6.45, 7) is 1.95. The normalized spacial score (nSPS) is 12.7. The Morgan fingerprint density at radius 1 is 1.35 bits per heavy atom. The van der Waals surface area contributed by atoms with Gasteiger partial charge in [-0.15, -0.1) is 0 Å². The van der Waals surface area contributed by atoms with Gasteiger partial charge < -0.3 is 5.73 Å². The number of rotatable bonds is 3. The molecular formula is C12H13Cl2N3. The van der Waals surface area contributed by atoms with E-state index in [9.17, 15) is 0 Å². The number of benzene rings is 1. The zero-order valence-corrected chi connectivity index (χ0v) is 10.9. The maximum Gasteiger partial charge on any atom is 0.0939 e. The largest absolute Gasteiger partial charge is 0.328 e. The summed E-state index contributed by atoms with van der Waals surface area (Å²) in [6.07, 6.45) is 0.755. The van der Waals surface area contributed by atoms with E-state index in [2.05, 4.69) is 10.2 Å². The highest BCUT2D eigenvalue weighted by molar-refractivity contribution is 6.35. The number of H-pyrrole nitrogens is 1. The smallest absolute Gasteiger partial charge is 0.0939 e. The molecule has 1 atom stereocenters. The van der Waals surface area contributed by atoms with Crippen molar-refractivity contribution in [2.24, 2.45) is 5.73 Å². The molecular weight excluding hydrogens is 257 g/mol. The van der Waals surface area contributed by atoms with Gasteiger partial charge in [0, 0.05) is 28.7 Å². The molecule has 1 unspecified atom stereocenters. The Labute approximate surface area is 110 Å². The third kappa shape index (κ3) is 3.00. The fraction of sp³-hybridized carbons (Fsp3) is 0.250. The number of hydrogen-bond acceptors (Lipinski definition) is 2. The van der Waals surface area contributed by atoms with Gasteiger partial charge in [0.25, 0.3) is 0 Å². The van der Waals surface area contributed by atoms with Crippen molar-refractivity contribution >= 4 is 23.2 Å². The molecule has 5 heteroatoms. The first-order valence-corrected chi connectivity index (χ1v) is 6.07. The van der Waals surface area contributed by atoms with Crippen molar-refractivity contribution in [2.45, 2.75) is 19.4 Å². The van der Waals surface area contributed by atoms with Crippen LogP contribution in [0.2, 0.25) is 10.0 Å². The van der Waals surface area contributed by atoms with Gasteiger partial charge >= 0.3 is 0 Å². The average molecular weight is 270 g/mol. The van der Waals surface area contributed by atoms with Gasteiger partial charge in [0.1, 0.15) is 0 Å². The Morgan fingerprint density at radius 3 is 2.82 bits per heavy atom. The second kappa shape index (κ2) is 5.08. The topological polar surface area (TPSA) is 54.7 Å². The third-order valence-electron chi connectivity index (χ3n) is 2.38. The summed E-state index contributed by atoms with van der Waals surface area (Å²) in [5.74, 6) is 0. The second-order valence-electron chi connectivity index (χ2n) is 4.08. The molecule has 17 heavy (non-hydrogen) atoms. The van der Waals surface area contributed by atoms with E-state index in [4.69, 9.17) is 28.9 Å². The first-order valence-electron chi connectivity index (χ1n) is 5.31. The average Bonchev–Trinajstić information content (AvgIpc) is 2.69. The van der Waals surface area contributed by atoms with Gasteiger partial charge in [-0.25, -0.2) is 0 Å². The molecule has 1 heterocycles. The molecule has 0 aliphatic carbocycles. The lowest BCUT2D eigenvalue weighted by Crippen LogP contribution is -2.17. The summed E-state index contributed by atoms with van der Waals surface area (Å²) in [6, 6.07) is 7.36. The van der Waals surface area contributed by atoms with Crippen LogP contribution in [-0.2, 0) is 6.42 Å². The van der Waals surface area contributed by atoms with Crippen LogP contribution in [0.15, 0.2) is 24.3 Å². The lowest BCUT2D eigenvalue weighted by atomic mass is 10.1. The summed E-state index contributed by atoms with van der Waals surface area (Å²) in [5.41, 5.74) is 8.33. The van der Waals surface area contributed by atoms with Crippen molar-refractivity contribution in [1.82, 2.24) is 10.2 Å². The molecule has 1 aromatic carbocycles. The fourth-order valence-electron chi connectivity index (χ4n) is 1.64. The minimum absolute atomic E-state index is 0.0955. The SMILES string of the molecule is CC(N)Cc1cc(-c2cc(Cl)ccc2Cl)n[nH]1. The van der Waals surface area contributed by atoms with Crippen LogP contribution in [0, 0.1) is 0 Å². The molecule has 0 aliphatic heterocycles. The van der Waals surface area contributed by atoms with Gasteiger partial charge in [-0.1, -0.05) is 23.2 Å². The molecule has 3 nitrogen and oxygen atoms in total. The van der Waals surface area contributed by atoms with E-state index in [1.165, 1.54) is 0 Å². The molecule has 90 valence electrons. The van der Waals surface area contributed by atoms with Crippen molar-refractivity contribution in [1.29, 1.82) is 0 Å². The molecule has 0 bridgehead atoms. The predicted molar refractivity (Wildman–Crippen MR) is 71.4 cm³/mol. The number of hydrogen-bond donors (Lipinski definition) is 2. The van der Waals surface area contributed by atoms with Crippen LogP contribution in [0.5, 0.6) is 0 Å². The van der Waals surface area contributed by atoms with Crippen LogP contribution in [-0.4, -0.2) is 16.2 Å². The van der Waals surface area contributed by atoms with E-state index in [0.29, 0.717) is 10.0 Å². The van der Waals surface area contributed by atoms with E-state index in [1.807, 2.05) is 13.0 Å². The van der Waals surface area contributed by atoms with Gasteiger partial charge in [0.2, 0.25) is 0 Å². The molecule has 0 aliphatic rings. The van der Waals surface area contributed by atoms with Gasteiger partial charge in [0.15, 0.2) is 0 Å². The molecule has 1 aromatic heterocycles. The lowest BCUT2D eigenvalue weighted by Gasteiger charge is -2.01. The van der Waals surface area contributed by atoms with E-state index >= 15 is 0 Å². The molecule has 0 fully saturated rings. The quantitative estimate of drug-likeness (QED) is 0.899. The van der Waals surface area contributed by atoms with Gasteiger partial charge in [-0.3, -0.25) is 5.10 Å². The van der Waals surface area contributed by atoms with Crippen molar-refractivity contribution < 1.29 is 0 Å². The van der Waals surface area contributed by atoms with E-state index in [0.717, 1.165) is 23.4 Å². The van der Waals surface area contributed by atoms with Crippen LogP contribution in [0.25, 0.3) is 11.3 Å². The first kappa shape index (κ1) is 12.4. The van der Waals surface area contributed by atoms with Gasteiger partial charge in [-0.05, 0) is 31.2 Å². The molecule has 0 radical (unpaired) electrons. The van der Waals surface area contributed by atoms with Crippen molar-refractivity contribution in [3.05, 3.63) is 40.0 Å². The minimum atomic E-state index is 0.0955. The summed E-state index contributed by atoms with van der Waals surface area (Å²) >= 11 is 12.0. The van der Waals surface area contributed by atoms with Crippen LogP contribution < -0.4 is 5.73 Å². The number of halogens is 2. The monoisotopic (exact) mass is 269 g/mol. The summed E-state index contributed by atoms with van der Waals surface area (Å²) < 4.78 is 0. The minimum Gasteiger partial charge on any atom is -0.328 e. The highest BCUT2D eigenvalue weighted by Gasteiger charge is 2.09. The zero-order valence-electron chi connectivity index (χ0n) is 9.37. The van der Waals surface area contributed by atoms with Crippen molar-refractivity contribution in [3.63, 3.8) is 0 Å². The second-order valence-corrected chi connectivity index (χ2v) is 4.93. The molecule has 0 spiro atoms. The maximum atomic E-state index is 6.11. The molecule has 2 rings (SSSR count). The zero-order chi connectivity index (χ0) is 12.4. The molecule has 0 saturated carbocycles. The standard InChI is InChI=1S/C12H13Cl2N3/c1-7(15)4-9-6-12(17-16-9)10-5-8(13)2-3-11(10)14/h2-3,5-7H,4,15H2,1H3,(H,16,17). The molecule has 2 aromatic rings. The Balaban J connectivity index is 2.33. The van der Waals surface area contributed by atoms with E-state index < -0.39 is 0 Å². The van der Waals surface area contributed by atoms with Crippen molar-refractivity contribution in [2.75, 3.05) is 0 Å². The molecule has 0 saturated heterocycles. The third-order valence-corrected chi connectivity index (χ3v) is 2.94. The van der Waals surface area contributed by atoms with E-state index in [1.54, 1.807) is 18.2 Å². The lowest BCUT2D eigenvalue weighted by molar-refractivity contribution is 0.719. The Hall–Kier alpha value is -1.03. The van der Waals surface area contributed by atoms with Crippen LogP contribution >= 0.6 is 23.2 Å². The fourth-order valence-corrected chi connectivity index (χ4v) is 2.03. The first-order chi connectivity index (χ1) is 8.06. The van der Waals surface area contributed by atoms with Crippen LogP contribution in [0.4, 0.5) is 0 Å². The molecule has 0 amide bonds. The Kier molecular flexibility index (Phi) is 3.72. The highest BCUT2D eigenvalue weighted by Crippen LogP contribution is 2.29. The van der Waals surface area contributed by atoms with E-state index in [-0.39, 0.29) is 6.04 Å². The van der Waals surface area contributed by atoms with Gasteiger partial charge in [-0.2, -0.15) is 5.10 Å². The highest BCUT2D eigenvalue weighted by atomic mass is 35.5. The predicted octanol–water partition coefficient (Wildman–Crippen LogP) is 3.27. The summed E-state index contributed by atoms with van der Waals surface area (Å²) in [5, 5.41) is 8.44. The number of aromatic nitrogens is 2. The van der Waals surface area contributed by atoms with Gasteiger partial charge in [0.05, 0.1) is 10.7 Å².